The van der Waals surface area contributed by atoms with Gasteiger partial charge in [-0.1, -0.05) is 13.8 Å². The Kier molecular flexibility index (Phi) is 11.3. The van der Waals surface area contributed by atoms with Crippen molar-refractivity contribution < 1.29 is 60.1 Å². The number of ether oxygens (including phenoxy) is 1. The van der Waals surface area contributed by atoms with Gasteiger partial charge in [-0.15, -0.1) is 0 Å². The van der Waals surface area contributed by atoms with Crippen LogP contribution in [0.4, 0.5) is 37.7 Å². The summed E-state index contributed by atoms with van der Waals surface area (Å²) >= 11 is 0. The molecular formula is C31H28F6N2O9. The molecule has 0 radical (unpaired) electrons. The molecule has 2 aliphatic carbocycles. The third-order valence-corrected chi connectivity index (χ3v) is 7.77. The molecule has 0 saturated heterocycles. The van der Waals surface area contributed by atoms with Gasteiger partial charge in [0.25, 0.3) is 11.4 Å². The van der Waals surface area contributed by atoms with Crippen LogP contribution in [0.25, 0.3) is 0 Å². The number of ketones is 4. The maximum atomic E-state index is 12.8. The molecule has 0 bridgehead atoms. The quantitative estimate of drug-likeness (QED) is 0.0324. The number of alkyl halides is 6. The van der Waals surface area contributed by atoms with Gasteiger partial charge in [-0.2, -0.15) is 26.3 Å². The highest BCUT2D eigenvalue weighted by Gasteiger charge is 2.44. The van der Waals surface area contributed by atoms with E-state index < -0.39 is 85.2 Å². The van der Waals surface area contributed by atoms with Crippen molar-refractivity contribution in [2.24, 2.45) is 23.7 Å². The lowest BCUT2D eigenvalue weighted by Crippen LogP contribution is -2.18. The molecule has 258 valence electrons. The highest BCUT2D eigenvalue weighted by atomic mass is 19.4. The Morgan fingerprint density at radius 2 is 1.25 bits per heavy atom. The second-order valence-electron chi connectivity index (χ2n) is 11.4. The number of carbonyl (C=O) groups is 4. The topological polar surface area (TPSA) is 164 Å². The first-order valence-electron chi connectivity index (χ1n) is 14.4. The predicted octanol–water partition coefficient (Wildman–Crippen LogP) is 7.35. The lowest BCUT2D eigenvalue weighted by atomic mass is 9.96. The fourth-order valence-electron chi connectivity index (χ4n) is 4.72. The van der Waals surface area contributed by atoms with E-state index in [9.17, 15) is 65.7 Å². The molecule has 2 aromatic carbocycles. The normalized spacial score (nSPS) is 20.1. The Morgan fingerprint density at radius 1 is 0.812 bits per heavy atom. The average molecular weight is 687 g/mol. The third-order valence-electron chi connectivity index (χ3n) is 7.77. The smallest absolute Gasteiger partial charge is 0.416 e. The Hall–Kier alpha value is -4.96. The maximum absolute atomic E-state index is 12.8. The number of nitro groups is 2. The SMILES string of the molecule is CC1CC1C(=O)CC(=O)c1ccc(C(F)(F)F)cc1[N+](=O)[O-].CCOC=C(C(=O)c1ccc(C(F)(F)F)cc1[N+](=O)[O-])C(=O)C1CC1C. The number of Topliss-reactive ketones (excluding diaryl/α,β-unsaturated/α-hetero) is 4. The van der Waals surface area contributed by atoms with E-state index in [0.29, 0.717) is 37.1 Å². The Morgan fingerprint density at radius 3 is 1.65 bits per heavy atom. The van der Waals surface area contributed by atoms with Gasteiger partial charge in [0.15, 0.2) is 11.6 Å². The van der Waals surface area contributed by atoms with Crippen LogP contribution in [0.3, 0.4) is 0 Å². The number of benzene rings is 2. The van der Waals surface area contributed by atoms with Gasteiger partial charge < -0.3 is 4.74 Å². The summed E-state index contributed by atoms with van der Waals surface area (Å²) in [6.45, 7) is 5.42. The number of halogens is 6. The molecule has 0 amide bonds. The summed E-state index contributed by atoms with van der Waals surface area (Å²) in [4.78, 5) is 68.7. The van der Waals surface area contributed by atoms with Gasteiger partial charge in [0.2, 0.25) is 5.78 Å². The minimum Gasteiger partial charge on any atom is -0.501 e. The van der Waals surface area contributed by atoms with Crippen molar-refractivity contribution in [1.29, 1.82) is 0 Å². The van der Waals surface area contributed by atoms with Gasteiger partial charge >= 0.3 is 12.4 Å². The van der Waals surface area contributed by atoms with E-state index in [2.05, 4.69) is 0 Å². The van der Waals surface area contributed by atoms with Crippen LogP contribution in [0, 0.1) is 43.9 Å². The maximum Gasteiger partial charge on any atom is 0.416 e. The number of nitro benzene ring substituents is 2. The molecule has 48 heavy (non-hydrogen) atoms. The Bertz CT molecular complexity index is 1680. The van der Waals surface area contributed by atoms with Crippen LogP contribution < -0.4 is 0 Å². The van der Waals surface area contributed by atoms with Crippen molar-refractivity contribution in [3.63, 3.8) is 0 Å². The van der Waals surface area contributed by atoms with Crippen LogP contribution >= 0.6 is 0 Å². The zero-order valence-corrected chi connectivity index (χ0v) is 25.5. The van der Waals surface area contributed by atoms with Gasteiger partial charge in [-0.25, -0.2) is 0 Å². The van der Waals surface area contributed by atoms with Crippen LogP contribution in [-0.4, -0.2) is 39.6 Å². The van der Waals surface area contributed by atoms with E-state index in [1.165, 1.54) is 0 Å². The summed E-state index contributed by atoms with van der Waals surface area (Å²) in [6, 6.07) is 3.25. The molecule has 4 atom stereocenters. The van der Waals surface area contributed by atoms with Gasteiger partial charge in [0, 0.05) is 24.0 Å². The molecule has 4 rings (SSSR count). The minimum absolute atomic E-state index is 0.0721. The molecule has 4 unspecified atom stereocenters. The predicted molar refractivity (Wildman–Crippen MR) is 154 cm³/mol. The molecule has 17 heteroatoms. The van der Waals surface area contributed by atoms with E-state index in [1.807, 2.05) is 13.8 Å². The first-order chi connectivity index (χ1) is 22.2. The monoisotopic (exact) mass is 686 g/mol. The lowest BCUT2D eigenvalue weighted by molar-refractivity contribution is -0.385. The molecule has 0 heterocycles. The Balaban J connectivity index is 0.000000264. The minimum atomic E-state index is -4.80. The first-order valence-corrected chi connectivity index (χ1v) is 14.4. The number of carbonyl (C=O) groups excluding carboxylic acids is 4. The second-order valence-corrected chi connectivity index (χ2v) is 11.4. The van der Waals surface area contributed by atoms with Crippen LogP contribution in [0.1, 0.15) is 71.9 Å². The van der Waals surface area contributed by atoms with Crippen LogP contribution in [0.15, 0.2) is 48.2 Å². The number of allylic oxidation sites excluding steroid dienone is 1. The van der Waals surface area contributed by atoms with E-state index in [4.69, 9.17) is 4.74 Å². The van der Waals surface area contributed by atoms with Gasteiger partial charge in [-0.3, -0.25) is 39.4 Å². The molecule has 11 nitrogen and oxygen atoms in total. The van der Waals surface area contributed by atoms with Crippen LogP contribution in [-0.2, 0) is 26.7 Å². The van der Waals surface area contributed by atoms with Crippen molar-refractivity contribution in [2.75, 3.05) is 6.61 Å². The van der Waals surface area contributed by atoms with Crippen molar-refractivity contribution in [1.82, 2.24) is 0 Å². The fourth-order valence-corrected chi connectivity index (χ4v) is 4.72. The molecular weight excluding hydrogens is 658 g/mol. The van der Waals surface area contributed by atoms with E-state index in [-0.39, 0.29) is 42.1 Å². The highest BCUT2D eigenvalue weighted by molar-refractivity contribution is 6.28. The van der Waals surface area contributed by atoms with Gasteiger partial charge in [-0.05, 0) is 55.9 Å². The van der Waals surface area contributed by atoms with Crippen molar-refractivity contribution in [2.45, 2.75) is 52.4 Å². The van der Waals surface area contributed by atoms with Gasteiger partial charge in [0.05, 0.1) is 45.8 Å². The molecule has 0 aliphatic heterocycles. The molecule has 2 fully saturated rings. The summed E-state index contributed by atoms with van der Waals surface area (Å²) in [5.74, 6) is -3.06. The van der Waals surface area contributed by atoms with Crippen molar-refractivity contribution in [3.8, 4) is 0 Å². The summed E-state index contributed by atoms with van der Waals surface area (Å²) < 4.78 is 81.1. The summed E-state index contributed by atoms with van der Waals surface area (Å²) in [7, 11) is 0. The van der Waals surface area contributed by atoms with E-state index in [0.717, 1.165) is 12.3 Å². The number of nitrogens with zero attached hydrogens (tertiary/aromatic N) is 2. The largest absolute Gasteiger partial charge is 0.501 e. The molecule has 2 aromatic rings. The molecule has 2 aliphatic rings. The number of hydrogen-bond acceptors (Lipinski definition) is 9. The standard InChI is InChI=1S/C17H16F3NO5.C14H12F3NO4/c1-3-26-8-13(16(23)12-6-9(12)2)15(22)11-5-4-10(17(18,19)20)7-14(11)21(24)25;1-7-4-10(7)13(20)6-12(19)9-3-2-8(14(15,16)17)5-11(9)18(21)22/h4-5,7-9,12H,3,6H2,1-2H3;2-3,5,7,10H,4,6H2,1H3. The van der Waals surface area contributed by atoms with E-state index in [1.54, 1.807) is 6.92 Å². The molecule has 0 spiro atoms. The summed E-state index contributed by atoms with van der Waals surface area (Å²) in [6.07, 6.45) is -7.90. The third kappa shape index (κ3) is 9.10. The lowest BCUT2D eigenvalue weighted by Gasteiger charge is -2.10. The van der Waals surface area contributed by atoms with E-state index >= 15 is 0 Å². The summed E-state index contributed by atoms with van der Waals surface area (Å²) in [5.41, 5.74) is -5.87. The fraction of sp³-hybridized carbons (Fsp3) is 0.419. The number of rotatable bonds is 12. The van der Waals surface area contributed by atoms with Crippen molar-refractivity contribution in [3.05, 3.63) is 90.7 Å². The zero-order chi connectivity index (χ0) is 36.3. The molecule has 0 aromatic heterocycles. The van der Waals surface area contributed by atoms with Gasteiger partial charge in [0.1, 0.15) is 16.9 Å². The second kappa shape index (κ2) is 14.4. The molecule has 0 N–H and O–H groups in total. The summed E-state index contributed by atoms with van der Waals surface area (Å²) in [5, 5.41) is 22.1. The highest BCUT2D eigenvalue weighted by Crippen LogP contribution is 2.42. The average Bonchev–Trinajstić information content (AvgIpc) is 3.92. The first kappa shape index (κ1) is 37.5. The Labute approximate surface area is 268 Å². The van der Waals surface area contributed by atoms with Crippen LogP contribution in [0.2, 0.25) is 0 Å². The van der Waals surface area contributed by atoms with Crippen molar-refractivity contribution >= 4 is 34.5 Å². The molecule has 2 saturated carbocycles. The zero-order valence-electron chi connectivity index (χ0n) is 25.5. The van der Waals surface area contributed by atoms with Crippen LogP contribution in [0.5, 0.6) is 0 Å². The number of hydrogen-bond donors (Lipinski definition) is 0.